The molecule has 0 aliphatic heterocycles. The van der Waals surface area contributed by atoms with E-state index in [1.807, 2.05) is 17.8 Å². The molecule has 1 atom stereocenters. The average molecular weight is 267 g/mol. The van der Waals surface area contributed by atoms with E-state index in [0.29, 0.717) is 6.04 Å². The van der Waals surface area contributed by atoms with Gasteiger partial charge in [0.1, 0.15) is 5.75 Å². The molecule has 0 aromatic heterocycles. The third-order valence-corrected chi connectivity index (χ3v) is 3.64. The average Bonchev–Trinajstić information content (AvgIpc) is 2.33. The van der Waals surface area contributed by atoms with Crippen molar-refractivity contribution in [1.82, 2.24) is 5.32 Å². The van der Waals surface area contributed by atoms with Crippen molar-refractivity contribution in [3.63, 3.8) is 0 Å². The van der Waals surface area contributed by atoms with Crippen molar-refractivity contribution < 1.29 is 4.74 Å². The van der Waals surface area contributed by atoms with E-state index >= 15 is 0 Å². The highest BCUT2D eigenvalue weighted by molar-refractivity contribution is 7.99. The molecule has 3 heteroatoms. The Kier molecular flexibility index (Phi) is 7.21. The molecule has 1 aromatic rings. The van der Waals surface area contributed by atoms with Gasteiger partial charge in [0.2, 0.25) is 0 Å². The van der Waals surface area contributed by atoms with Gasteiger partial charge in [-0.15, -0.1) is 0 Å². The van der Waals surface area contributed by atoms with Gasteiger partial charge in [-0.25, -0.2) is 0 Å². The first kappa shape index (κ1) is 15.4. The lowest BCUT2D eigenvalue weighted by molar-refractivity contribution is 0.242. The van der Waals surface area contributed by atoms with Gasteiger partial charge in [0.15, 0.2) is 0 Å². The molecule has 0 heterocycles. The van der Waals surface area contributed by atoms with E-state index in [9.17, 15) is 0 Å². The maximum atomic E-state index is 5.69. The van der Waals surface area contributed by atoms with Crippen molar-refractivity contribution in [3.8, 4) is 5.75 Å². The Balaban J connectivity index is 2.42. The van der Waals surface area contributed by atoms with E-state index in [1.165, 1.54) is 17.1 Å². The van der Waals surface area contributed by atoms with Crippen molar-refractivity contribution in [2.24, 2.45) is 0 Å². The van der Waals surface area contributed by atoms with Crippen LogP contribution in [0.2, 0.25) is 0 Å². The van der Waals surface area contributed by atoms with Crippen LogP contribution in [0, 0.1) is 0 Å². The summed E-state index contributed by atoms with van der Waals surface area (Å²) in [5.41, 5.74) is 1.28. The number of nitrogens with one attached hydrogen (secondary N) is 1. The van der Waals surface area contributed by atoms with Gasteiger partial charge in [-0.05, 0) is 44.2 Å². The molecule has 0 amide bonds. The molecule has 0 saturated heterocycles. The van der Waals surface area contributed by atoms with E-state index in [0.717, 1.165) is 12.3 Å². The molecule has 2 nitrogen and oxygen atoms in total. The number of thioether (sulfide) groups is 1. The first-order chi connectivity index (χ1) is 8.61. The van der Waals surface area contributed by atoms with Crippen molar-refractivity contribution in [1.29, 1.82) is 0 Å². The van der Waals surface area contributed by atoms with Gasteiger partial charge in [-0.1, -0.05) is 19.1 Å². The lowest BCUT2D eigenvalue weighted by Gasteiger charge is -2.14. The molecule has 0 aliphatic carbocycles. The van der Waals surface area contributed by atoms with Crippen LogP contribution in [0.5, 0.6) is 5.75 Å². The van der Waals surface area contributed by atoms with Crippen LogP contribution in [0.25, 0.3) is 0 Å². The fourth-order valence-electron chi connectivity index (χ4n) is 1.65. The molecule has 0 spiro atoms. The number of hydrogen-bond acceptors (Lipinski definition) is 3. The van der Waals surface area contributed by atoms with Gasteiger partial charge >= 0.3 is 0 Å². The molecule has 18 heavy (non-hydrogen) atoms. The summed E-state index contributed by atoms with van der Waals surface area (Å²) in [6.45, 7) is 9.44. The van der Waals surface area contributed by atoms with Crippen LogP contribution in [0.15, 0.2) is 24.3 Å². The number of rotatable bonds is 8. The third-order valence-electron chi connectivity index (χ3n) is 2.50. The second kappa shape index (κ2) is 8.44. The molecule has 1 unspecified atom stereocenters. The molecule has 0 aliphatic rings. The van der Waals surface area contributed by atoms with Crippen LogP contribution in [0.3, 0.4) is 0 Å². The highest BCUT2D eigenvalue weighted by Gasteiger charge is 2.03. The van der Waals surface area contributed by atoms with E-state index in [1.54, 1.807) is 0 Å². The molecule has 1 rings (SSSR count). The molecular formula is C15H25NOS. The van der Waals surface area contributed by atoms with Gasteiger partial charge in [-0.3, -0.25) is 0 Å². The van der Waals surface area contributed by atoms with Crippen molar-refractivity contribution in [2.75, 3.05) is 11.5 Å². The lowest BCUT2D eigenvalue weighted by atomic mass is 10.2. The summed E-state index contributed by atoms with van der Waals surface area (Å²) in [7, 11) is 0. The Morgan fingerprint density at radius 2 is 2.06 bits per heavy atom. The van der Waals surface area contributed by atoms with Crippen LogP contribution < -0.4 is 10.1 Å². The molecule has 0 bridgehead atoms. The summed E-state index contributed by atoms with van der Waals surface area (Å²) < 4.78 is 5.69. The molecule has 1 aromatic carbocycles. The summed E-state index contributed by atoms with van der Waals surface area (Å²) in [6, 6.07) is 8.87. The van der Waals surface area contributed by atoms with Gasteiger partial charge in [0, 0.05) is 18.3 Å². The van der Waals surface area contributed by atoms with Crippen LogP contribution >= 0.6 is 11.8 Å². The van der Waals surface area contributed by atoms with Crippen LogP contribution in [0.4, 0.5) is 0 Å². The van der Waals surface area contributed by atoms with Crippen molar-refractivity contribution in [3.05, 3.63) is 29.8 Å². The second-order valence-corrected chi connectivity index (χ2v) is 6.07. The predicted molar refractivity (Wildman–Crippen MR) is 81.5 cm³/mol. The first-order valence-corrected chi connectivity index (χ1v) is 7.84. The van der Waals surface area contributed by atoms with E-state index in [-0.39, 0.29) is 6.10 Å². The summed E-state index contributed by atoms with van der Waals surface area (Å²) >= 11 is 1.98. The summed E-state index contributed by atoms with van der Waals surface area (Å²) in [5, 5.41) is 3.54. The Morgan fingerprint density at radius 1 is 1.28 bits per heavy atom. The Bertz CT molecular complexity index is 341. The lowest BCUT2D eigenvalue weighted by Crippen LogP contribution is -2.27. The topological polar surface area (TPSA) is 21.3 Å². The zero-order chi connectivity index (χ0) is 13.4. The number of ether oxygens (including phenoxy) is 1. The quantitative estimate of drug-likeness (QED) is 0.776. The smallest absolute Gasteiger partial charge is 0.120 e. The molecule has 0 radical (unpaired) electrons. The molecule has 1 N–H and O–H groups in total. The Morgan fingerprint density at radius 3 is 2.72 bits per heavy atom. The summed E-state index contributed by atoms with van der Waals surface area (Å²) in [5.74, 6) is 3.31. The minimum atomic E-state index is 0.230. The van der Waals surface area contributed by atoms with Gasteiger partial charge < -0.3 is 10.1 Å². The Labute approximate surface area is 116 Å². The molecule has 102 valence electrons. The SMILES string of the molecule is CCSCC(C)NCc1cccc(OC(C)C)c1. The van der Waals surface area contributed by atoms with Crippen LogP contribution in [-0.4, -0.2) is 23.7 Å². The number of benzene rings is 1. The Hall–Kier alpha value is -0.670. The largest absolute Gasteiger partial charge is 0.491 e. The van der Waals surface area contributed by atoms with E-state index < -0.39 is 0 Å². The van der Waals surface area contributed by atoms with Crippen molar-refractivity contribution in [2.45, 2.75) is 46.4 Å². The minimum Gasteiger partial charge on any atom is -0.491 e. The van der Waals surface area contributed by atoms with Gasteiger partial charge in [-0.2, -0.15) is 11.8 Å². The highest BCUT2D eigenvalue weighted by atomic mass is 32.2. The van der Waals surface area contributed by atoms with Crippen molar-refractivity contribution >= 4 is 11.8 Å². The zero-order valence-electron chi connectivity index (χ0n) is 11.9. The summed E-state index contributed by atoms with van der Waals surface area (Å²) in [4.78, 5) is 0. The molecule has 0 fully saturated rings. The van der Waals surface area contributed by atoms with E-state index in [2.05, 4.69) is 51.2 Å². The zero-order valence-corrected chi connectivity index (χ0v) is 12.7. The molecular weight excluding hydrogens is 242 g/mol. The number of hydrogen-bond donors (Lipinski definition) is 1. The first-order valence-electron chi connectivity index (χ1n) is 6.68. The third kappa shape index (κ3) is 6.31. The molecule has 0 saturated carbocycles. The second-order valence-electron chi connectivity index (χ2n) is 4.76. The van der Waals surface area contributed by atoms with Gasteiger partial charge in [0.05, 0.1) is 6.10 Å². The highest BCUT2D eigenvalue weighted by Crippen LogP contribution is 2.15. The van der Waals surface area contributed by atoms with E-state index in [4.69, 9.17) is 4.74 Å². The standard InChI is InChI=1S/C15H25NOS/c1-5-18-11-13(4)16-10-14-7-6-8-15(9-14)17-12(2)3/h6-9,12-13,16H,5,10-11H2,1-4H3. The summed E-state index contributed by atoms with van der Waals surface area (Å²) in [6.07, 6.45) is 0.230. The fourth-order valence-corrected chi connectivity index (χ4v) is 2.35. The van der Waals surface area contributed by atoms with Crippen LogP contribution in [-0.2, 0) is 6.54 Å². The fraction of sp³-hybridized carbons (Fsp3) is 0.600. The maximum Gasteiger partial charge on any atom is 0.120 e. The van der Waals surface area contributed by atoms with Gasteiger partial charge in [0.25, 0.3) is 0 Å². The van der Waals surface area contributed by atoms with Crippen LogP contribution in [0.1, 0.15) is 33.3 Å². The monoisotopic (exact) mass is 267 g/mol. The normalized spacial score (nSPS) is 12.7. The predicted octanol–water partition coefficient (Wildman–Crippen LogP) is 3.71. The maximum absolute atomic E-state index is 5.69. The minimum absolute atomic E-state index is 0.230.